The van der Waals surface area contributed by atoms with Crippen LogP contribution >= 0.6 is 0 Å². The summed E-state index contributed by atoms with van der Waals surface area (Å²) in [7, 11) is 0. The van der Waals surface area contributed by atoms with Crippen molar-refractivity contribution in [2.24, 2.45) is 11.3 Å². The standard InChI is InChI=1S/C30H43FN6O4/c1-6-37(21(4)5)29(38)23-15-22(31)7-9-25(23)41-28-27(32-19-33-34-28)35-12-11-30(16-35)17-36(18-30)24(20(2)3)8-10-26-39-13-14-40-26/h7,9,15,19-21,24,26H,6,8,10-14,16-18H2,1-5H3/t24-/m0/s1. The fourth-order valence-corrected chi connectivity index (χ4v) is 6.54. The zero-order valence-electron chi connectivity index (χ0n) is 24.9. The van der Waals surface area contributed by atoms with E-state index in [2.05, 4.69) is 38.8 Å². The van der Waals surface area contributed by atoms with Crippen LogP contribution < -0.4 is 9.64 Å². The van der Waals surface area contributed by atoms with Gasteiger partial charge < -0.3 is 24.0 Å². The molecule has 1 aromatic carbocycles. The third-order valence-corrected chi connectivity index (χ3v) is 8.62. The number of halogens is 1. The largest absolute Gasteiger partial charge is 0.434 e. The maximum atomic E-state index is 14.2. The molecule has 0 bridgehead atoms. The number of carbonyl (C=O) groups is 1. The highest BCUT2D eigenvalue weighted by Gasteiger charge is 2.50. The number of anilines is 1. The third kappa shape index (κ3) is 6.47. The molecule has 1 atom stereocenters. The molecular weight excluding hydrogens is 527 g/mol. The fourth-order valence-electron chi connectivity index (χ4n) is 6.54. The number of benzene rings is 1. The second-order valence-electron chi connectivity index (χ2n) is 12.2. The SMILES string of the molecule is CCN(C(=O)c1cc(F)ccc1Oc1nncnc1N1CCC2(C1)CN([C@@H](CCC1OCCO1)C(C)C)C2)C(C)C. The molecule has 1 amide bonds. The Hall–Kier alpha value is -2.89. The van der Waals surface area contributed by atoms with E-state index in [1.807, 2.05) is 20.8 Å². The van der Waals surface area contributed by atoms with E-state index in [0.717, 1.165) is 45.4 Å². The van der Waals surface area contributed by atoms with Crippen molar-refractivity contribution in [3.05, 3.63) is 35.9 Å². The lowest BCUT2D eigenvalue weighted by molar-refractivity contribution is -0.0689. The van der Waals surface area contributed by atoms with Crippen molar-refractivity contribution in [1.29, 1.82) is 0 Å². The molecule has 3 aliphatic rings. The molecule has 4 heterocycles. The van der Waals surface area contributed by atoms with Crippen LogP contribution in [-0.4, -0.2) is 95.2 Å². The lowest BCUT2D eigenvalue weighted by Gasteiger charge is -2.53. The van der Waals surface area contributed by atoms with Crippen molar-refractivity contribution in [2.75, 3.05) is 50.8 Å². The maximum absolute atomic E-state index is 14.2. The quantitative estimate of drug-likeness (QED) is 0.391. The van der Waals surface area contributed by atoms with Crippen LogP contribution in [0.25, 0.3) is 0 Å². The molecule has 1 spiro atoms. The Bertz CT molecular complexity index is 1200. The molecule has 1 aromatic heterocycles. The van der Waals surface area contributed by atoms with E-state index < -0.39 is 5.82 Å². The molecule has 0 saturated carbocycles. The van der Waals surface area contributed by atoms with Gasteiger partial charge >= 0.3 is 0 Å². The summed E-state index contributed by atoms with van der Waals surface area (Å²) in [5.74, 6) is 0.783. The number of amides is 1. The zero-order valence-corrected chi connectivity index (χ0v) is 24.9. The summed E-state index contributed by atoms with van der Waals surface area (Å²) in [5, 5.41) is 8.18. The van der Waals surface area contributed by atoms with Crippen molar-refractivity contribution >= 4 is 11.7 Å². The first-order valence-electron chi connectivity index (χ1n) is 14.9. The Morgan fingerprint density at radius 3 is 2.63 bits per heavy atom. The van der Waals surface area contributed by atoms with E-state index in [0.29, 0.717) is 37.5 Å². The smallest absolute Gasteiger partial charge is 0.282 e. The fraction of sp³-hybridized carbons (Fsp3) is 0.667. The van der Waals surface area contributed by atoms with Gasteiger partial charge in [-0.1, -0.05) is 13.8 Å². The lowest BCUT2D eigenvalue weighted by atomic mass is 9.76. The van der Waals surface area contributed by atoms with Crippen LogP contribution in [-0.2, 0) is 9.47 Å². The van der Waals surface area contributed by atoms with Crippen molar-refractivity contribution < 1.29 is 23.4 Å². The second kappa shape index (κ2) is 12.5. The van der Waals surface area contributed by atoms with Crippen LogP contribution in [0.15, 0.2) is 24.5 Å². The minimum atomic E-state index is -0.503. The van der Waals surface area contributed by atoms with Gasteiger partial charge in [-0.15, -0.1) is 10.2 Å². The van der Waals surface area contributed by atoms with Gasteiger partial charge in [0, 0.05) is 50.2 Å². The molecule has 3 fully saturated rings. The number of rotatable bonds is 11. The summed E-state index contributed by atoms with van der Waals surface area (Å²) in [4.78, 5) is 24.3. The molecule has 224 valence electrons. The highest BCUT2D eigenvalue weighted by Crippen LogP contribution is 2.44. The number of likely N-dealkylation sites (tertiary alicyclic amines) is 1. The summed E-state index contributed by atoms with van der Waals surface area (Å²) in [5.41, 5.74) is 0.337. The van der Waals surface area contributed by atoms with E-state index in [-0.39, 0.29) is 40.8 Å². The molecular formula is C30H43FN6O4. The van der Waals surface area contributed by atoms with Gasteiger partial charge in [-0.3, -0.25) is 9.69 Å². The minimum absolute atomic E-state index is 0.0418. The Balaban J connectivity index is 1.27. The third-order valence-electron chi connectivity index (χ3n) is 8.62. The van der Waals surface area contributed by atoms with E-state index in [1.54, 1.807) is 4.90 Å². The predicted octanol–water partition coefficient (Wildman–Crippen LogP) is 4.36. The average molecular weight is 571 g/mol. The molecule has 0 radical (unpaired) electrons. The second-order valence-corrected chi connectivity index (χ2v) is 12.2. The summed E-state index contributed by atoms with van der Waals surface area (Å²) in [6, 6.07) is 4.42. The molecule has 0 N–H and O–H groups in total. The first-order chi connectivity index (χ1) is 19.7. The highest BCUT2D eigenvalue weighted by atomic mass is 19.1. The van der Waals surface area contributed by atoms with E-state index in [4.69, 9.17) is 14.2 Å². The predicted molar refractivity (Wildman–Crippen MR) is 153 cm³/mol. The Kier molecular flexibility index (Phi) is 9.06. The minimum Gasteiger partial charge on any atom is -0.434 e. The summed E-state index contributed by atoms with van der Waals surface area (Å²) >= 11 is 0. The van der Waals surface area contributed by atoms with Crippen LogP contribution in [0.4, 0.5) is 10.2 Å². The van der Waals surface area contributed by atoms with Gasteiger partial charge in [0.2, 0.25) is 0 Å². The number of aromatic nitrogens is 3. The van der Waals surface area contributed by atoms with Crippen molar-refractivity contribution in [2.45, 2.75) is 72.3 Å². The molecule has 10 nitrogen and oxygen atoms in total. The topological polar surface area (TPSA) is 93.2 Å². The van der Waals surface area contributed by atoms with Gasteiger partial charge in [-0.05, 0) is 64.2 Å². The summed E-state index contributed by atoms with van der Waals surface area (Å²) < 4.78 is 31.7. The maximum Gasteiger partial charge on any atom is 0.282 e. The molecule has 3 aliphatic heterocycles. The first-order valence-corrected chi connectivity index (χ1v) is 14.9. The number of nitrogens with zero attached hydrogens (tertiary/aromatic N) is 6. The van der Waals surface area contributed by atoms with Crippen molar-refractivity contribution in [3.63, 3.8) is 0 Å². The highest BCUT2D eigenvalue weighted by molar-refractivity contribution is 5.97. The van der Waals surface area contributed by atoms with Crippen LogP contribution in [0.3, 0.4) is 0 Å². The van der Waals surface area contributed by atoms with Gasteiger partial charge in [0.15, 0.2) is 12.1 Å². The van der Waals surface area contributed by atoms with Gasteiger partial charge in [-0.2, -0.15) is 0 Å². The van der Waals surface area contributed by atoms with Crippen LogP contribution in [0.1, 0.15) is 64.2 Å². The molecule has 0 unspecified atom stereocenters. The first kappa shape index (κ1) is 29.6. The molecule has 5 rings (SSSR count). The summed E-state index contributed by atoms with van der Waals surface area (Å²) in [6.45, 7) is 15.9. The van der Waals surface area contributed by atoms with Gasteiger partial charge in [0.1, 0.15) is 17.9 Å². The van der Waals surface area contributed by atoms with Crippen molar-refractivity contribution in [1.82, 2.24) is 25.0 Å². The van der Waals surface area contributed by atoms with Gasteiger partial charge in [0.05, 0.1) is 18.8 Å². The number of ether oxygens (including phenoxy) is 3. The van der Waals surface area contributed by atoms with E-state index >= 15 is 0 Å². The van der Waals surface area contributed by atoms with E-state index in [9.17, 15) is 9.18 Å². The van der Waals surface area contributed by atoms with Crippen LogP contribution in [0, 0.1) is 17.2 Å². The Morgan fingerprint density at radius 2 is 1.95 bits per heavy atom. The Morgan fingerprint density at radius 1 is 1.20 bits per heavy atom. The van der Waals surface area contributed by atoms with Crippen molar-refractivity contribution in [3.8, 4) is 11.6 Å². The normalized spacial score (nSPS) is 19.8. The van der Waals surface area contributed by atoms with Gasteiger partial charge in [-0.25, -0.2) is 9.37 Å². The lowest BCUT2D eigenvalue weighted by Crippen LogP contribution is -2.62. The number of hydrogen-bond donors (Lipinski definition) is 0. The molecule has 0 aliphatic carbocycles. The van der Waals surface area contributed by atoms with Crippen LogP contribution in [0.5, 0.6) is 11.6 Å². The zero-order chi connectivity index (χ0) is 29.1. The van der Waals surface area contributed by atoms with Gasteiger partial charge in [0.25, 0.3) is 11.8 Å². The molecule has 2 aromatic rings. The monoisotopic (exact) mass is 570 g/mol. The Labute approximate surface area is 242 Å². The summed E-state index contributed by atoms with van der Waals surface area (Å²) in [6.07, 6.45) is 4.38. The number of hydrogen-bond acceptors (Lipinski definition) is 9. The molecule has 41 heavy (non-hydrogen) atoms. The van der Waals surface area contributed by atoms with E-state index in [1.165, 1.54) is 24.5 Å². The molecule has 11 heteroatoms. The average Bonchev–Trinajstić information content (AvgIpc) is 3.60. The molecule has 3 saturated heterocycles. The van der Waals surface area contributed by atoms with Crippen LogP contribution in [0.2, 0.25) is 0 Å². The number of carbonyl (C=O) groups excluding carboxylic acids is 1.